The molecule has 0 aliphatic carbocycles. The van der Waals surface area contributed by atoms with Crippen molar-refractivity contribution in [3.8, 4) is 0 Å². The number of hydrogen-bond donors (Lipinski definition) is 2. The Morgan fingerprint density at radius 2 is 1.85 bits per heavy atom. The van der Waals surface area contributed by atoms with E-state index in [9.17, 15) is 18.3 Å². The summed E-state index contributed by atoms with van der Waals surface area (Å²) in [7, 11) is 0. The van der Waals surface area contributed by atoms with Crippen molar-refractivity contribution in [3.63, 3.8) is 0 Å². The summed E-state index contributed by atoms with van der Waals surface area (Å²) in [5.74, 6) is 0. The van der Waals surface area contributed by atoms with Crippen LogP contribution in [0.1, 0.15) is 43.5 Å². The molecule has 3 rings (SSSR count). The number of aliphatic hydroxyl groups is 1. The van der Waals surface area contributed by atoms with Crippen LogP contribution in [0.15, 0.2) is 18.2 Å². The normalized spacial score (nSPS) is 34.0. The molecule has 3 nitrogen and oxygen atoms in total. The van der Waals surface area contributed by atoms with Gasteiger partial charge in [-0.05, 0) is 37.8 Å². The molecule has 2 aliphatic heterocycles. The molecule has 2 atom stereocenters. The second kappa shape index (κ2) is 4.70. The topological polar surface area (TPSA) is 45.2 Å². The molecular formula is C14H17F3N2O. The van der Waals surface area contributed by atoms with Gasteiger partial charge in [-0.3, -0.25) is 0 Å². The monoisotopic (exact) mass is 286 g/mol. The molecule has 0 saturated carbocycles. The third-order valence-corrected chi connectivity index (χ3v) is 4.26. The first-order chi connectivity index (χ1) is 9.37. The molecule has 0 amide bonds. The number of piperidine rings is 2. The number of fused-ring (bicyclic) bond motifs is 2. The van der Waals surface area contributed by atoms with Gasteiger partial charge in [-0.2, -0.15) is 13.2 Å². The van der Waals surface area contributed by atoms with E-state index in [1.54, 1.807) is 0 Å². The largest absolute Gasteiger partial charge is 0.433 e. The van der Waals surface area contributed by atoms with Crippen molar-refractivity contribution in [2.45, 2.75) is 56.0 Å². The van der Waals surface area contributed by atoms with E-state index in [1.807, 2.05) is 0 Å². The summed E-state index contributed by atoms with van der Waals surface area (Å²) < 4.78 is 38.2. The van der Waals surface area contributed by atoms with Gasteiger partial charge in [0.2, 0.25) is 0 Å². The van der Waals surface area contributed by atoms with Crippen LogP contribution in [0.25, 0.3) is 0 Å². The standard InChI is InChI=1S/C14H17F3N2O/c15-14(16,17)12-6-2-5-11(19-12)13(20)7-9-3-1-4-10(8-13)18-9/h2,5-6,9-10,18,20H,1,3-4,7-8H2. The Labute approximate surface area is 115 Å². The number of alkyl halides is 3. The van der Waals surface area contributed by atoms with E-state index in [1.165, 1.54) is 12.1 Å². The van der Waals surface area contributed by atoms with Gasteiger partial charge in [-0.15, -0.1) is 0 Å². The predicted octanol–water partition coefficient (Wildman–Crippen LogP) is 2.59. The molecule has 2 bridgehead atoms. The maximum absolute atomic E-state index is 12.7. The van der Waals surface area contributed by atoms with Crippen LogP contribution in [0.5, 0.6) is 0 Å². The summed E-state index contributed by atoms with van der Waals surface area (Å²) in [5.41, 5.74) is -2.04. The number of nitrogens with zero attached hydrogens (tertiary/aromatic N) is 1. The van der Waals surface area contributed by atoms with E-state index < -0.39 is 17.5 Å². The minimum absolute atomic E-state index is 0.144. The van der Waals surface area contributed by atoms with Crippen LogP contribution in [0, 0.1) is 0 Å². The zero-order valence-electron chi connectivity index (χ0n) is 11.0. The van der Waals surface area contributed by atoms with Gasteiger partial charge in [-0.25, -0.2) is 4.98 Å². The van der Waals surface area contributed by atoms with Crippen molar-refractivity contribution in [1.29, 1.82) is 0 Å². The fraction of sp³-hybridized carbons (Fsp3) is 0.643. The number of hydrogen-bond acceptors (Lipinski definition) is 3. The number of rotatable bonds is 1. The summed E-state index contributed by atoms with van der Waals surface area (Å²) in [6.07, 6.45) is -0.602. The molecule has 1 aromatic rings. The molecule has 20 heavy (non-hydrogen) atoms. The van der Waals surface area contributed by atoms with Gasteiger partial charge in [0.25, 0.3) is 0 Å². The first kappa shape index (κ1) is 13.8. The van der Waals surface area contributed by atoms with E-state index in [4.69, 9.17) is 0 Å². The molecular weight excluding hydrogens is 269 g/mol. The molecule has 2 unspecified atom stereocenters. The van der Waals surface area contributed by atoms with E-state index >= 15 is 0 Å². The fourth-order valence-corrected chi connectivity index (χ4v) is 3.39. The molecule has 2 fully saturated rings. The number of pyridine rings is 1. The third-order valence-electron chi connectivity index (χ3n) is 4.26. The fourth-order valence-electron chi connectivity index (χ4n) is 3.39. The van der Waals surface area contributed by atoms with Crippen LogP contribution in [0.4, 0.5) is 13.2 Å². The molecule has 2 aliphatic rings. The van der Waals surface area contributed by atoms with Crippen LogP contribution in [0.3, 0.4) is 0 Å². The van der Waals surface area contributed by atoms with Crippen molar-refractivity contribution < 1.29 is 18.3 Å². The van der Waals surface area contributed by atoms with Crippen molar-refractivity contribution in [3.05, 3.63) is 29.6 Å². The molecule has 1 aromatic heterocycles. The number of halogens is 3. The Morgan fingerprint density at radius 1 is 1.20 bits per heavy atom. The number of nitrogens with one attached hydrogen (secondary N) is 1. The molecule has 0 spiro atoms. The highest BCUT2D eigenvalue weighted by atomic mass is 19.4. The third kappa shape index (κ3) is 2.54. The van der Waals surface area contributed by atoms with E-state index in [2.05, 4.69) is 10.3 Å². The van der Waals surface area contributed by atoms with Crippen LogP contribution in [-0.4, -0.2) is 22.2 Å². The van der Waals surface area contributed by atoms with Crippen LogP contribution in [-0.2, 0) is 11.8 Å². The smallest absolute Gasteiger partial charge is 0.383 e. The van der Waals surface area contributed by atoms with Crippen molar-refractivity contribution in [1.82, 2.24) is 10.3 Å². The lowest BCUT2D eigenvalue weighted by Crippen LogP contribution is -2.54. The maximum atomic E-state index is 12.7. The van der Waals surface area contributed by atoms with Gasteiger partial charge >= 0.3 is 6.18 Å². The molecule has 2 saturated heterocycles. The highest BCUT2D eigenvalue weighted by molar-refractivity contribution is 5.21. The van der Waals surface area contributed by atoms with Crippen LogP contribution in [0.2, 0.25) is 0 Å². The molecule has 110 valence electrons. The molecule has 6 heteroatoms. The zero-order chi connectivity index (χ0) is 14.4. The first-order valence-corrected chi connectivity index (χ1v) is 6.90. The first-order valence-electron chi connectivity index (χ1n) is 6.90. The van der Waals surface area contributed by atoms with E-state index in [-0.39, 0.29) is 17.8 Å². The quantitative estimate of drug-likeness (QED) is 0.834. The predicted molar refractivity (Wildman–Crippen MR) is 66.9 cm³/mol. The van der Waals surface area contributed by atoms with Crippen molar-refractivity contribution in [2.75, 3.05) is 0 Å². The van der Waals surface area contributed by atoms with Crippen molar-refractivity contribution >= 4 is 0 Å². The minimum Gasteiger partial charge on any atom is -0.383 e. The van der Waals surface area contributed by atoms with E-state index in [0.29, 0.717) is 12.8 Å². The summed E-state index contributed by atoms with van der Waals surface area (Å²) in [5, 5.41) is 14.2. The van der Waals surface area contributed by atoms with Crippen molar-refractivity contribution in [2.24, 2.45) is 0 Å². The Morgan fingerprint density at radius 3 is 2.45 bits per heavy atom. The SMILES string of the molecule is OC1(c2cccc(C(F)(F)F)n2)CC2CCCC(C1)N2. The van der Waals surface area contributed by atoms with Gasteiger partial charge in [0, 0.05) is 12.1 Å². The Hall–Kier alpha value is -1.14. The lowest BCUT2D eigenvalue weighted by atomic mass is 9.75. The lowest BCUT2D eigenvalue weighted by molar-refractivity contribution is -0.141. The minimum atomic E-state index is -4.48. The average Bonchev–Trinajstić information content (AvgIpc) is 2.37. The van der Waals surface area contributed by atoms with Gasteiger partial charge in [-0.1, -0.05) is 12.5 Å². The van der Waals surface area contributed by atoms with Crippen LogP contribution >= 0.6 is 0 Å². The highest BCUT2D eigenvalue weighted by Gasteiger charge is 2.43. The summed E-state index contributed by atoms with van der Waals surface area (Å²) >= 11 is 0. The molecule has 2 N–H and O–H groups in total. The van der Waals surface area contributed by atoms with Gasteiger partial charge in [0.1, 0.15) is 11.3 Å². The summed E-state index contributed by atoms with van der Waals surface area (Å²) in [6.45, 7) is 0. The molecule has 3 heterocycles. The molecule has 0 aromatic carbocycles. The zero-order valence-corrected chi connectivity index (χ0v) is 11.0. The Balaban J connectivity index is 1.91. The second-order valence-corrected chi connectivity index (χ2v) is 5.84. The van der Waals surface area contributed by atoms with Gasteiger partial charge < -0.3 is 10.4 Å². The van der Waals surface area contributed by atoms with E-state index in [0.717, 1.165) is 25.3 Å². The molecule has 0 radical (unpaired) electrons. The highest BCUT2D eigenvalue weighted by Crippen LogP contribution is 2.39. The van der Waals surface area contributed by atoms with Gasteiger partial charge in [0.05, 0.1) is 5.69 Å². The van der Waals surface area contributed by atoms with Crippen LogP contribution < -0.4 is 5.32 Å². The lowest BCUT2D eigenvalue weighted by Gasteiger charge is -2.45. The summed E-state index contributed by atoms with van der Waals surface area (Å²) in [6, 6.07) is 4.10. The Bertz CT molecular complexity index is 491. The number of aromatic nitrogens is 1. The second-order valence-electron chi connectivity index (χ2n) is 5.84. The maximum Gasteiger partial charge on any atom is 0.433 e. The average molecular weight is 286 g/mol. The Kier molecular flexibility index (Phi) is 3.25. The summed E-state index contributed by atoms with van der Waals surface area (Å²) in [4.78, 5) is 3.66. The van der Waals surface area contributed by atoms with Gasteiger partial charge in [0.15, 0.2) is 0 Å².